The molecule has 1 saturated heterocycles. The molecule has 1 aromatic heterocycles. The van der Waals surface area contributed by atoms with Crippen LogP contribution in [0.5, 0.6) is 0 Å². The number of hydrogen-bond donors (Lipinski definition) is 2. The van der Waals surface area contributed by atoms with Crippen molar-refractivity contribution < 1.29 is 19.4 Å². The van der Waals surface area contributed by atoms with Crippen molar-refractivity contribution in [1.82, 2.24) is 14.9 Å². The van der Waals surface area contributed by atoms with E-state index in [0.29, 0.717) is 50.1 Å². The van der Waals surface area contributed by atoms with Gasteiger partial charge in [0.05, 0.1) is 13.2 Å². The number of carbonyl (C=O) groups excluding carboxylic acids is 1. The fourth-order valence-electron chi connectivity index (χ4n) is 3.06. The summed E-state index contributed by atoms with van der Waals surface area (Å²) in [6.07, 6.45) is 0.299. The summed E-state index contributed by atoms with van der Waals surface area (Å²) in [4.78, 5) is 46.4. The molecule has 0 aromatic carbocycles. The average molecular weight is 380 g/mol. The lowest BCUT2D eigenvalue weighted by Gasteiger charge is -2.27. The second kappa shape index (κ2) is 9.50. The van der Waals surface area contributed by atoms with Gasteiger partial charge in [-0.3, -0.25) is 19.4 Å². The molecule has 0 atom stereocenters. The van der Waals surface area contributed by atoms with Crippen molar-refractivity contribution in [2.45, 2.75) is 33.6 Å². The number of carboxylic acid groups (broad SMARTS) is 1. The topological polar surface area (TPSA) is 116 Å². The third kappa shape index (κ3) is 6.06. The van der Waals surface area contributed by atoms with Gasteiger partial charge in [-0.25, -0.2) is 4.98 Å². The summed E-state index contributed by atoms with van der Waals surface area (Å²) in [5.74, 6) is -0.646. The summed E-state index contributed by atoms with van der Waals surface area (Å²) in [6.45, 7) is 8.15. The maximum Gasteiger partial charge on any atom is 0.323 e. The SMILES string of the molecule is Cc1nc(N2CCOCC2)[nH]c(=O)c1CCC(=O)N(CC(=O)O)CC(C)C. The van der Waals surface area contributed by atoms with E-state index in [1.54, 1.807) is 6.92 Å². The second-order valence-corrected chi connectivity index (χ2v) is 7.11. The van der Waals surface area contributed by atoms with Crippen LogP contribution in [0.4, 0.5) is 5.95 Å². The molecule has 1 aromatic rings. The molecule has 1 aliphatic heterocycles. The first-order valence-electron chi connectivity index (χ1n) is 9.20. The Kier molecular flexibility index (Phi) is 7.35. The summed E-state index contributed by atoms with van der Waals surface area (Å²) in [5.41, 5.74) is 0.785. The molecule has 2 heterocycles. The van der Waals surface area contributed by atoms with Gasteiger partial charge >= 0.3 is 5.97 Å². The number of aliphatic carboxylic acids is 1. The van der Waals surface area contributed by atoms with Gasteiger partial charge in [0, 0.05) is 37.3 Å². The smallest absolute Gasteiger partial charge is 0.323 e. The summed E-state index contributed by atoms with van der Waals surface area (Å²) >= 11 is 0. The fraction of sp³-hybridized carbons (Fsp3) is 0.667. The Morgan fingerprint density at radius 2 is 2.00 bits per heavy atom. The maximum absolute atomic E-state index is 12.5. The standard InChI is InChI=1S/C18H28N4O5/c1-12(2)10-22(11-16(24)25)15(23)5-4-14-13(3)19-18(20-17(14)26)21-6-8-27-9-7-21/h12H,4-11H2,1-3H3,(H,24,25)(H,19,20,26). The molecule has 1 aliphatic rings. The van der Waals surface area contributed by atoms with E-state index in [1.165, 1.54) is 4.90 Å². The van der Waals surface area contributed by atoms with Crippen molar-refractivity contribution in [3.05, 3.63) is 21.6 Å². The third-order valence-corrected chi connectivity index (χ3v) is 4.37. The summed E-state index contributed by atoms with van der Waals surface area (Å²) in [5, 5.41) is 9.00. The van der Waals surface area contributed by atoms with Crippen LogP contribution in [0.1, 0.15) is 31.5 Å². The molecule has 1 fully saturated rings. The number of carbonyl (C=O) groups is 2. The highest BCUT2D eigenvalue weighted by molar-refractivity contribution is 5.81. The molecular formula is C18H28N4O5. The molecule has 0 bridgehead atoms. The number of carboxylic acids is 1. The van der Waals surface area contributed by atoms with Gasteiger partial charge in [-0.1, -0.05) is 13.8 Å². The van der Waals surface area contributed by atoms with Crippen molar-refractivity contribution in [3.63, 3.8) is 0 Å². The van der Waals surface area contributed by atoms with Crippen LogP contribution in [0, 0.1) is 12.8 Å². The van der Waals surface area contributed by atoms with Crippen LogP contribution in [-0.4, -0.2) is 71.2 Å². The molecule has 0 unspecified atom stereocenters. The minimum atomic E-state index is -1.05. The highest BCUT2D eigenvalue weighted by atomic mass is 16.5. The van der Waals surface area contributed by atoms with Gasteiger partial charge in [0.1, 0.15) is 6.54 Å². The van der Waals surface area contributed by atoms with Gasteiger partial charge in [0.25, 0.3) is 5.56 Å². The fourth-order valence-corrected chi connectivity index (χ4v) is 3.06. The van der Waals surface area contributed by atoms with Crippen molar-refractivity contribution >= 4 is 17.8 Å². The Hall–Kier alpha value is -2.42. The van der Waals surface area contributed by atoms with E-state index < -0.39 is 5.97 Å². The maximum atomic E-state index is 12.5. The van der Waals surface area contributed by atoms with E-state index in [0.717, 1.165) is 0 Å². The zero-order chi connectivity index (χ0) is 20.0. The molecule has 0 radical (unpaired) electrons. The minimum Gasteiger partial charge on any atom is -0.480 e. The summed E-state index contributed by atoms with van der Waals surface area (Å²) < 4.78 is 5.30. The van der Waals surface area contributed by atoms with Crippen LogP contribution in [-0.2, 0) is 20.7 Å². The number of anilines is 1. The van der Waals surface area contributed by atoms with E-state index >= 15 is 0 Å². The quantitative estimate of drug-likeness (QED) is 0.671. The number of ether oxygens (including phenoxy) is 1. The molecular weight excluding hydrogens is 352 g/mol. The highest BCUT2D eigenvalue weighted by Crippen LogP contribution is 2.12. The Bertz CT molecular complexity index is 725. The first kappa shape index (κ1) is 20.9. The number of rotatable bonds is 8. The predicted octanol–water partition coefficient (Wildman–Crippen LogP) is 0.417. The van der Waals surface area contributed by atoms with Crippen LogP contribution >= 0.6 is 0 Å². The monoisotopic (exact) mass is 380 g/mol. The Balaban J connectivity index is 2.06. The zero-order valence-electron chi connectivity index (χ0n) is 16.2. The third-order valence-electron chi connectivity index (χ3n) is 4.37. The second-order valence-electron chi connectivity index (χ2n) is 7.11. The van der Waals surface area contributed by atoms with Crippen molar-refractivity contribution in [3.8, 4) is 0 Å². The average Bonchev–Trinajstić information content (AvgIpc) is 2.60. The highest BCUT2D eigenvalue weighted by Gasteiger charge is 2.20. The molecule has 2 N–H and O–H groups in total. The molecule has 27 heavy (non-hydrogen) atoms. The predicted molar refractivity (Wildman–Crippen MR) is 100 cm³/mol. The molecule has 9 heteroatoms. The Morgan fingerprint density at radius 3 is 2.56 bits per heavy atom. The lowest BCUT2D eigenvalue weighted by atomic mass is 10.1. The van der Waals surface area contributed by atoms with Crippen LogP contribution in [0.15, 0.2) is 4.79 Å². The van der Waals surface area contributed by atoms with E-state index in [4.69, 9.17) is 9.84 Å². The zero-order valence-corrected chi connectivity index (χ0v) is 16.2. The molecule has 150 valence electrons. The minimum absolute atomic E-state index is 0.0719. The van der Waals surface area contributed by atoms with E-state index in [9.17, 15) is 14.4 Å². The summed E-state index contributed by atoms with van der Waals surface area (Å²) in [7, 11) is 0. The van der Waals surface area contributed by atoms with Gasteiger partial charge in [-0.15, -0.1) is 0 Å². The molecule has 1 amide bonds. The van der Waals surface area contributed by atoms with Gasteiger partial charge in [-0.05, 0) is 19.3 Å². The lowest BCUT2D eigenvalue weighted by molar-refractivity contribution is -0.144. The first-order valence-corrected chi connectivity index (χ1v) is 9.20. The number of amides is 1. The normalized spacial score (nSPS) is 14.4. The number of H-pyrrole nitrogens is 1. The Labute approximate surface area is 158 Å². The van der Waals surface area contributed by atoms with Crippen LogP contribution in [0.3, 0.4) is 0 Å². The van der Waals surface area contributed by atoms with Gasteiger partial charge in [0.15, 0.2) is 0 Å². The molecule has 2 rings (SSSR count). The van der Waals surface area contributed by atoms with E-state index in [2.05, 4.69) is 9.97 Å². The van der Waals surface area contributed by atoms with E-state index in [-0.39, 0.29) is 36.8 Å². The van der Waals surface area contributed by atoms with Crippen LogP contribution in [0.25, 0.3) is 0 Å². The van der Waals surface area contributed by atoms with Gasteiger partial charge in [0.2, 0.25) is 11.9 Å². The van der Waals surface area contributed by atoms with Gasteiger partial charge in [-0.2, -0.15) is 0 Å². The van der Waals surface area contributed by atoms with E-state index in [1.807, 2.05) is 18.7 Å². The number of nitrogens with zero attached hydrogens (tertiary/aromatic N) is 3. The lowest BCUT2D eigenvalue weighted by Crippen LogP contribution is -2.39. The van der Waals surface area contributed by atoms with Crippen molar-refractivity contribution in [2.75, 3.05) is 44.3 Å². The Morgan fingerprint density at radius 1 is 1.33 bits per heavy atom. The number of aromatic amines is 1. The number of hydrogen-bond acceptors (Lipinski definition) is 6. The summed E-state index contributed by atoms with van der Waals surface area (Å²) in [6, 6.07) is 0. The molecule has 0 aliphatic carbocycles. The number of aryl methyl sites for hydroxylation is 1. The number of aromatic nitrogens is 2. The number of nitrogens with one attached hydrogen (secondary N) is 1. The van der Waals surface area contributed by atoms with Crippen molar-refractivity contribution in [2.24, 2.45) is 5.92 Å². The first-order chi connectivity index (χ1) is 12.8. The van der Waals surface area contributed by atoms with Crippen molar-refractivity contribution in [1.29, 1.82) is 0 Å². The molecule has 0 saturated carbocycles. The number of morpholine rings is 1. The largest absolute Gasteiger partial charge is 0.480 e. The van der Waals surface area contributed by atoms with Crippen LogP contribution < -0.4 is 10.5 Å². The van der Waals surface area contributed by atoms with Crippen LogP contribution in [0.2, 0.25) is 0 Å². The molecule has 0 spiro atoms. The van der Waals surface area contributed by atoms with Gasteiger partial charge < -0.3 is 19.6 Å². The molecule has 9 nitrogen and oxygen atoms in total.